The number of fused-ring (bicyclic) bond motifs is 1. The Morgan fingerprint density at radius 1 is 1.33 bits per heavy atom. The van der Waals surface area contributed by atoms with Crippen molar-refractivity contribution in [3.8, 4) is 0 Å². The lowest BCUT2D eigenvalue weighted by atomic mass is 10.1. The fourth-order valence-corrected chi connectivity index (χ4v) is 2.52. The number of pyridine rings is 1. The summed E-state index contributed by atoms with van der Waals surface area (Å²) in [4.78, 5) is 4.34. The standard InChI is InChI=1S/C14H16ClF3N2O/c1-7(2)12-11(4-8(3)21)20-6-9(14(16,17)18)5-10(15)13(20)19-12/h5-8,21H,4H2,1-3H3. The predicted molar refractivity (Wildman–Crippen MR) is 74.7 cm³/mol. The molecule has 0 fully saturated rings. The lowest BCUT2D eigenvalue weighted by Gasteiger charge is -2.12. The summed E-state index contributed by atoms with van der Waals surface area (Å²) in [7, 11) is 0. The summed E-state index contributed by atoms with van der Waals surface area (Å²) in [5.74, 6) is 0.0176. The van der Waals surface area contributed by atoms with Crippen molar-refractivity contribution in [1.82, 2.24) is 9.38 Å². The number of nitrogens with zero attached hydrogens (tertiary/aromatic N) is 2. The Labute approximate surface area is 125 Å². The van der Waals surface area contributed by atoms with E-state index in [2.05, 4.69) is 4.98 Å². The maximum atomic E-state index is 12.9. The Morgan fingerprint density at radius 3 is 2.43 bits per heavy atom. The van der Waals surface area contributed by atoms with Crippen molar-refractivity contribution in [2.75, 3.05) is 0 Å². The van der Waals surface area contributed by atoms with Crippen molar-refractivity contribution in [1.29, 1.82) is 0 Å². The van der Waals surface area contributed by atoms with Gasteiger partial charge in [0.05, 0.1) is 22.4 Å². The Morgan fingerprint density at radius 2 is 1.95 bits per heavy atom. The van der Waals surface area contributed by atoms with Gasteiger partial charge in [0, 0.05) is 18.3 Å². The van der Waals surface area contributed by atoms with Crippen LogP contribution in [0.1, 0.15) is 43.6 Å². The second-order valence-electron chi connectivity index (χ2n) is 5.42. The third-order valence-corrected chi connectivity index (χ3v) is 3.45. The van der Waals surface area contributed by atoms with E-state index in [9.17, 15) is 18.3 Å². The van der Waals surface area contributed by atoms with Crippen molar-refractivity contribution in [2.45, 2.75) is 45.4 Å². The summed E-state index contributed by atoms with van der Waals surface area (Å²) in [6.45, 7) is 5.37. The molecule has 2 aromatic heterocycles. The lowest BCUT2D eigenvalue weighted by molar-refractivity contribution is -0.137. The molecule has 0 aliphatic heterocycles. The van der Waals surface area contributed by atoms with Crippen LogP contribution in [0.25, 0.3) is 5.65 Å². The molecule has 0 aliphatic carbocycles. The first-order valence-electron chi connectivity index (χ1n) is 6.57. The first-order chi connectivity index (χ1) is 9.61. The lowest BCUT2D eigenvalue weighted by Crippen LogP contribution is -2.11. The van der Waals surface area contributed by atoms with E-state index in [1.165, 1.54) is 4.40 Å². The molecule has 1 unspecified atom stereocenters. The molecule has 7 heteroatoms. The van der Waals surface area contributed by atoms with Crippen molar-refractivity contribution in [2.24, 2.45) is 0 Å². The largest absolute Gasteiger partial charge is 0.417 e. The molecule has 0 bridgehead atoms. The molecule has 3 nitrogen and oxygen atoms in total. The average molecular weight is 321 g/mol. The van der Waals surface area contributed by atoms with Gasteiger partial charge in [0.15, 0.2) is 5.65 Å². The molecule has 0 aromatic carbocycles. The Kier molecular flexibility index (Phi) is 4.22. The topological polar surface area (TPSA) is 37.5 Å². The number of hydrogen-bond acceptors (Lipinski definition) is 2. The van der Waals surface area contributed by atoms with Crippen molar-refractivity contribution in [3.05, 3.63) is 34.2 Å². The van der Waals surface area contributed by atoms with E-state index in [1.807, 2.05) is 13.8 Å². The first kappa shape index (κ1) is 16.1. The number of imidazole rings is 1. The SMILES string of the molecule is CC(O)Cc1c(C(C)C)nc2c(Cl)cc(C(F)(F)F)cn12. The van der Waals surface area contributed by atoms with Crippen LogP contribution in [0, 0.1) is 0 Å². The second kappa shape index (κ2) is 5.50. The maximum Gasteiger partial charge on any atom is 0.417 e. The zero-order valence-corrected chi connectivity index (χ0v) is 12.6. The maximum absolute atomic E-state index is 12.9. The number of aromatic nitrogens is 2. The van der Waals surface area contributed by atoms with Gasteiger partial charge in [-0.2, -0.15) is 13.2 Å². The smallest absolute Gasteiger partial charge is 0.393 e. The van der Waals surface area contributed by atoms with E-state index >= 15 is 0 Å². The molecule has 0 saturated carbocycles. The summed E-state index contributed by atoms with van der Waals surface area (Å²) >= 11 is 5.95. The number of halogens is 4. The summed E-state index contributed by atoms with van der Waals surface area (Å²) in [6, 6.07) is 0.875. The Balaban J connectivity index is 2.76. The van der Waals surface area contributed by atoms with Gasteiger partial charge < -0.3 is 9.51 Å². The van der Waals surface area contributed by atoms with Crippen LogP contribution >= 0.6 is 11.6 Å². The fourth-order valence-electron chi connectivity index (χ4n) is 2.27. The first-order valence-corrected chi connectivity index (χ1v) is 6.94. The summed E-state index contributed by atoms with van der Waals surface area (Å²) in [5.41, 5.74) is 0.656. The monoisotopic (exact) mass is 320 g/mol. The Hall–Kier alpha value is -1.27. The van der Waals surface area contributed by atoms with Crippen LogP contribution in [0.3, 0.4) is 0 Å². The minimum Gasteiger partial charge on any atom is -0.393 e. The van der Waals surface area contributed by atoms with Crippen LogP contribution < -0.4 is 0 Å². The fraction of sp³-hybridized carbons (Fsp3) is 0.500. The van der Waals surface area contributed by atoms with Gasteiger partial charge in [0.25, 0.3) is 0 Å². The summed E-state index contributed by atoms with van der Waals surface area (Å²) < 4.78 is 40.1. The molecule has 1 N–H and O–H groups in total. The highest BCUT2D eigenvalue weighted by Crippen LogP contribution is 2.34. The van der Waals surface area contributed by atoms with E-state index in [4.69, 9.17) is 11.6 Å². The normalized spacial score (nSPS) is 14.1. The van der Waals surface area contributed by atoms with Crippen LogP contribution in [0.4, 0.5) is 13.2 Å². The van der Waals surface area contributed by atoms with E-state index in [0.29, 0.717) is 11.4 Å². The van der Waals surface area contributed by atoms with Crippen LogP contribution in [-0.2, 0) is 12.6 Å². The summed E-state index contributed by atoms with van der Waals surface area (Å²) in [6.07, 6.45) is -3.97. The molecule has 0 saturated heterocycles. The summed E-state index contributed by atoms with van der Waals surface area (Å²) in [5, 5.41) is 9.54. The highest BCUT2D eigenvalue weighted by molar-refractivity contribution is 6.33. The number of rotatable bonds is 3. The van der Waals surface area contributed by atoms with Gasteiger partial charge >= 0.3 is 6.18 Å². The molecule has 0 spiro atoms. The van der Waals surface area contributed by atoms with Gasteiger partial charge in [0.1, 0.15) is 0 Å². The van der Waals surface area contributed by atoms with Crippen LogP contribution in [0.15, 0.2) is 12.3 Å². The van der Waals surface area contributed by atoms with Gasteiger partial charge in [0.2, 0.25) is 0 Å². The van der Waals surface area contributed by atoms with E-state index in [1.54, 1.807) is 6.92 Å². The average Bonchev–Trinajstić information content (AvgIpc) is 2.67. The minimum atomic E-state index is -4.48. The highest BCUT2D eigenvalue weighted by atomic mass is 35.5. The second-order valence-corrected chi connectivity index (χ2v) is 5.83. The van der Waals surface area contributed by atoms with E-state index in [0.717, 1.165) is 12.3 Å². The van der Waals surface area contributed by atoms with E-state index in [-0.39, 0.29) is 23.0 Å². The van der Waals surface area contributed by atoms with Crippen LogP contribution in [0.5, 0.6) is 0 Å². The van der Waals surface area contributed by atoms with Gasteiger partial charge in [-0.15, -0.1) is 0 Å². The molecule has 0 amide bonds. The zero-order chi connectivity index (χ0) is 15.9. The quantitative estimate of drug-likeness (QED) is 0.926. The van der Waals surface area contributed by atoms with Gasteiger partial charge in [-0.3, -0.25) is 0 Å². The molecule has 2 heterocycles. The van der Waals surface area contributed by atoms with Gasteiger partial charge in [-0.1, -0.05) is 25.4 Å². The molecule has 0 aliphatic rings. The zero-order valence-electron chi connectivity index (χ0n) is 11.9. The third kappa shape index (κ3) is 3.16. The van der Waals surface area contributed by atoms with Gasteiger partial charge in [-0.25, -0.2) is 4.98 Å². The minimum absolute atomic E-state index is 0.0176. The number of alkyl halides is 3. The predicted octanol–water partition coefficient (Wildman–Crippen LogP) is 4.05. The number of aliphatic hydroxyl groups excluding tert-OH is 1. The molecule has 21 heavy (non-hydrogen) atoms. The van der Waals surface area contributed by atoms with Crippen LogP contribution in [0.2, 0.25) is 5.02 Å². The van der Waals surface area contributed by atoms with Crippen molar-refractivity contribution < 1.29 is 18.3 Å². The highest BCUT2D eigenvalue weighted by Gasteiger charge is 2.32. The van der Waals surface area contributed by atoms with Gasteiger partial charge in [-0.05, 0) is 18.9 Å². The molecule has 116 valence electrons. The van der Waals surface area contributed by atoms with Crippen molar-refractivity contribution in [3.63, 3.8) is 0 Å². The molecular formula is C14H16ClF3N2O. The van der Waals surface area contributed by atoms with Crippen molar-refractivity contribution >= 4 is 17.2 Å². The molecule has 2 rings (SSSR count). The molecular weight excluding hydrogens is 305 g/mol. The third-order valence-electron chi connectivity index (χ3n) is 3.17. The number of hydrogen-bond donors (Lipinski definition) is 1. The number of aliphatic hydroxyl groups is 1. The molecule has 1 atom stereocenters. The molecule has 0 radical (unpaired) electrons. The van der Waals surface area contributed by atoms with Crippen LogP contribution in [-0.4, -0.2) is 20.6 Å². The van der Waals surface area contributed by atoms with E-state index < -0.39 is 17.8 Å². The molecule has 2 aromatic rings. The Bertz CT molecular complexity index is 662.